The molecule has 1 aliphatic rings. The van der Waals surface area contributed by atoms with Gasteiger partial charge in [-0.3, -0.25) is 9.59 Å². The van der Waals surface area contributed by atoms with Crippen LogP contribution in [0.2, 0.25) is 0 Å². The summed E-state index contributed by atoms with van der Waals surface area (Å²) in [5, 5.41) is 5.26. The van der Waals surface area contributed by atoms with E-state index >= 15 is 0 Å². The van der Waals surface area contributed by atoms with Crippen LogP contribution in [0.15, 0.2) is 90.6 Å². The molecule has 0 unspecified atom stereocenters. The summed E-state index contributed by atoms with van der Waals surface area (Å²) in [6.45, 7) is 1.96. The van der Waals surface area contributed by atoms with E-state index in [4.69, 9.17) is 9.47 Å². The van der Waals surface area contributed by atoms with E-state index in [1.807, 2.05) is 61.5 Å². The largest absolute Gasteiger partial charge is 0.493 e. The monoisotopic (exact) mass is 464 g/mol. The van der Waals surface area contributed by atoms with Crippen LogP contribution in [-0.4, -0.2) is 26.0 Å². The Morgan fingerprint density at radius 2 is 1.46 bits per heavy atom. The summed E-state index contributed by atoms with van der Waals surface area (Å²) in [6.07, 6.45) is 0. The topological polar surface area (TPSA) is 67.9 Å². The zero-order chi connectivity index (χ0) is 24.5. The molecule has 0 aromatic heterocycles. The molecule has 5 rings (SSSR count). The number of fused-ring (bicyclic) bond motifs is 1. The van der Waals surface area contributed by atoms with Crippen molar-refractivity contribution in [1.82, 2.24) is 0 Å². The first-order valence-corrected chi connectivity index (χ1v) is 11.2. The molecule has 0 atom stereocenters. The number of carbonyl (C=O) groups is 2. The molecule has 0 aliphatic carbocycles. The number of anilines is 2. The number of aryl methyl sites for hydroxylation is 1. The molecule has 0 saturated carbocycles. The van der Waals surface area contributed by atoms with Crippen molar-refractivity contribution < 1.29 is 19.1 Å². The molecule has 0 radical (unpaired) electrons. The quantitative estimate of drug-likeness (QED) is 0.378. The number of nitrogens with zero attached hydrogens (tertiary/aromatic N) is 1. The van der Waals surface area contributed by atoms with E-state index in [9.17, 15) is 9.59 Å². The number of ether oxygens (including phenoxy) is 2. The fourth-order valence-corrected chi connectivity index (χ4v) is 4.30. The second-order valence-electron chi connectivity index (χ2n) is 8.25. The van der Waals surface area contributed by atoms with Gasteiger partial charge in [-0.25, -0.2) is 4.90 Å². The highest BCUT2D eigenvalue weighted by Crippen LogP contribution is 2.38. The molecule has 2 amide bonds. The van der Waals surface area contributed by atoms with E-state index in [2.05, 4.69) is 5.32 Å². The molecule has 6 nitrogen and oxygen atoms in total. The van der Waals surface area contributed by atoms with Gasteiger partial charge >= 0.3 is 0 Å². The molecule has 1 aliphatic heterocycles. The van der Waals surface area contributed by atoms with Gasteiger partial charge in [0.1, 0.15) is 5.70 Å². The lowest BCUT2D eigenvalue weighted by Crippen LogP contribution is -2.32. The second kappa shape index (κ2) is 8.99. The van der Waals surface area contributed by atoms with Crippen molar-refractivity contribution in [1.29, 1.82) is 0 Å². The Balaban J connectivity index is 1.67. The van der Waals surface area contributed by atoms with Crippen LogP contribution in [0.4, 0.5) is 11.4 Å². The Morgan fingerprint density at radius 1 is 0.743 bits per heavy atom. The Bertz CT molecular complexity index is 1480. The van der Waals surface area contributed by atoms with Crippen LogP contribution < -0.4 is 19.7 Å². The Hall–Kier alpha value is -4.58. The summed E-state index contributed by atoms with van der Waals surface area (Å²) < 4.78 is 10.8. The minimum Gasteiger partial charge on any atom is -0.493 e. The summed E-state index contributed by atoms with van der Waals surface area (Å²) in [7, 11) is 3.08. The lowest BCUT2D eigenvalue weighted by atomic mass is 10.0. The molecule has 4 aromatic carbocycles. The summed E-state index contributed by atoms with van der Waals surface area (Å²) >= 11 is 0. The SMILES string of the molecule is COc1ccc(C2=C(Nc3cccc4ccccc34)C(=O)N(c3ccc(C)cc3)C2=O)cc1OC. The minimum absolute atomic E-state index is 0.208. The predicted molar refractivity (Wildman–Crippen MR) is 138 cm³/mol. The molecule has 6 heteroatoms. The molecule has 4 aromatic rings. The maximum atomic E-state index is 13.8. The molecule has 35 heavy (non-hydrogen) atoms. The first-order chi connectivity index (χ1) is 17.0. The van der Waals surface area contributed by atoms with E-state index in [0.717, 1.165) is 22.0 Å². The zero-order valence-corrected chi connectivity index (χ0v) is 19.7. The lowest BCUT2D eigenvalue weighted by molar-refractivity contribution is -0.120. The van der Waals surface area contributed by atoms with Gasteiger partial charge in [0.15, 0.2) is 11.5 Å². The molecule has 0 spiro atoms. The number of nitrogens with one attached hydrogen (secondary N) is 1. The molecule has 1 heterocycles. The van der Waals surface area contributed by atoms with Crippen LogP contribution >= 0.6 is 0 Å². The van der Waals surface area contributed by atoms with Crippen molar-refractivity contribution in [2.75, 3.05) is 24.4 Å². The Kier molecular flexibility index (Phi) is 5.71. The smallest absolute Gasteiger partial charge is 0.282 e. The molecular formula is C29H24N2O4. The van der Waals surface area contributed by atoms with Gasteiger partial charge < -0.3 is 14.8 Å². The van der Waals surface area contributed by atoms with Gasteiger partial charge in [0, 0.05) is 11.1 Å². The van der Waals surface area contributed by atoms with Crippen LogP contribution in [0.1, 0.15) is 11.1 Å². The molecule has 0 bridgehead atoms. The van der Waals surface area contributed by atoms with Crippen LogP contribution in [0.5, 0.6) is 11.5 Å². The van der Waals surface area contributed by atoms with E-state index in [0.29, 0.717) is 22.7 Å². The maximum absolute atomic E-state index is 13.8. The zero-order valence-electron chi connectivity index (χ0n) is 19.7. The van der Waals surface area contributed by atoms with Crippen molar-refractivity contribution in [3.8, 4) is 11.5 Å². The summed E-state index contributed by atoms with van der Waals surface area (Å²) in [5.74, 6) is 0.175. The molecular weight excluding hydrogens is 440 g/mol. The highest BCUT2D eigenvalue weighted by atomic mass is 16.5. The van der Waals surface area contributed by atoms with E-state index in [-0.39, 0.29) is 11.3 Å². The first-order valence-electron chi connectivity index (χ1n) is 11.2. The summed E-state index contributed by atoms with van der Waals surface area (Å²) in [6, 6.07) is 26.2. The molecule has 1 N–H and O–H groups in total. The average molecular weight is 465 g/mol. The van der Waals surface area contributed by atoms with Crippen molar-refractivity contribution in [3.63, 3.8) is 0 Å². The van der Waals surface area contributed by atoms with Crippen LogP contribution in [0, 0.1) is 6.92 Å². The fourth-order valence-electron chi connectivity index (χ4n) is 4.30. The Labute approximate surface area is 203 Å². The number of amides is 2. The number of imide groups is 1. The van der Waals surface area contributed by atoms with Gasteiger partial charge in [0.2, 0.25) is 0 Å². The third-order valence-corrected chi connectivity index (χ3v) is 6.10. The second-order valence-corrected chi connectivity index (χ2v) is 8.25. The van der Waals surface area contributed by atoms with Crippen molar-refractivity contribution in [3.05, 3.63) is 102 Å². The van der Waals surface area contributed by atoms with Crippen LogP contribution in [0.3, 0.4) is 0 Å². The summed E-state index contributed by atoms with van der Waals surface area (Å²) in [4.78, 5) is 28.7. The van der Waals surface area contributed by atoms with Gasteiger partial charge in [0.05, 0.1) is 25.5 Å². The number of carbonyl (C=O) groups excluding carboxylic acids is 2. The number of benzene rings is 4. The number of rotatable bonds is 6. The van der Waals surface area contributed by atoms with Crippen molar-refractivity contribution in [2.24, 2.45) is 0 Å². The van der Waals surface area contributed by atoms with Gasteiger partial charge in [-0.05, 0) is 48.2 Å². The first kappa shape index (κ1) is 22.2. The van der Waals surface area contributed by atoms with E-state index in [1.54, 1.807) is 37.4 Å². The van der Waals surface area contributed by atoms with E-state index < -0.39 is 11.8 Å². The standard InChI is InChI=1S/C29H24N2O4/c1-18-11-14-21(15-12-18)31-28(32)26(20-13-16-24(34-2)25(17-20)35-3)27(29(31)33)30-23-10-6-8-19-7-4-5-9-22(19)23/h4-17,30H,1-3H3. The van der Waals surface area contributed by atoms with E-state index in [1.165, 1.54) is 12.0 Å². The lowest BCUT2D eigenvalue weighted by Gasteiger charge is -2.16. The third kappa shape index (κ3) is 3.89. The van der Waals surface area contributed by atoms with Gasteiger partial charge in [-0.15, -0.1) is 0 Å². The highest BCUT2D eigenvalue weighted by Gasteiger charge is 2.40. The van der Waals surface area contributed by atoms with Gasteiger partial charge in [0.25, 0.3) is 11.8 Å². The summed E-state index contributed by atoms with van der Waals surface area (Å²) in [5.41, 5.74) is 3.32. The number of methoxy groups -OCH3 is 2. The highest BCUT2D eigenvalue weighted by molar-refractivity contribution is 6.46. The van der Waals surface area contributed by atoms with Crippen molar-refractivity contribution in [2.45, 2.75) is 6.92 Å². The predicted octanol–water partition coefficient (Wildman–Crippen LogP) is 5.56. The minimum atomic E-state index is -0.420. The van der Waals surface area contributed by atoms with Crippen LogP contribution in [0.25, 0.3) is 16.3 Å². The normalized spacial score (nSPS) is 13.5. The molecule has 0 fully saturated rings. The third-order valence-electron chi connectivity index (χ3n) is 6.10. The fraction of sp³-hybridized carbons (Fsp3) is 0.103. The average Bonchev–Trinajstić information content (AvgIpc) is 3.13. The van der Waals surface area contributed by atoms with Crippen molar-refractivity contribution >= 4 is 39.5 Å². The number of hydrogen-bond donors (Lipinski definition) is 1. The molecule has 174 valence electrons. The maximum Gasteiger partial charge on any atom is 0.282 e. The van der Waals surface area contributed by atoms with Crippen LogP contribution in [-0.2, 0) is 9.59 Å². The van der Waals surface area contributed by atoms with Gasteiger partial charge in [-0.1, -0.05) is 60.2 Å². The van der Waals surface area contributed by atoms with Gasteiger partial charge in [-0.2, -0.15) is 0 Å². The number of hydrogen-bond acceptors (Lipinski definition) is 5. The Morgan fingerprint density at radius 3 is 2.20 bits per heavy atom. The molecule has 0 saturated heterocycles.